The maximum atomic E-state index is 12.6. The molecule has 2 heterocycles. The topological polar surface area (TPSA) is 97.5 Å². The number of fused-ring (bicyclic) bond motifs is 1. The van der Waals surface area contributed by atoms with Crippen molar-refractivity contribution in [1.82, 2.24) is 4.98 Å². The zero-order chi connectivity index (χ0) is 20.7. The number of ether oxygens (including phenoxy) is 1. The molecule has 1 aromatic heterocycles. The van der Waals surface area contributed by atoms with Crippen molar-refractivity contribution in [3.63, 3.8) is 0 Å². The number of nitrogens with one attached hydrogen (secondary N) is 1. The van der Waals surface area contributed by atoms with Crippen LogP contribution < -0.4 is 20.7 Å². The third-order valence-corrected chi connectivity index (χ3v) is 5.99. The van der Waals surface area contributed by atoms with Crippen LogP contribution in [0.1, 0.15) is 48.7 Å². The van der Waals surface area contributed by atoms with Crippen molar-refractivity contribution in [3.05, 3.63) is 47.7 Å². The lowest BCUT2D eigenvalue weighted by Gasteiger charge is -2.46. The number of rotatable bonds is 5. The fourth-order valence-electron chi connectivity index (χ4n) is 4.46. The molecule has 1 saturated carbocycles. The molecule has 2 aliphatic rings. The fraction of sp³-hybridized carbons (Fsp3) is 0.409. The van der Waals surface area contributed by atoms with E-state index in [2.05, 4.69) is 17.2 Å². The van der Waals surface area contributed by atoms with Crippen LogP contribution >= 0.6 is 0 Å². The third kappa shape index (κ3) is 3.52. The molecule has 152 valence electrons. The normalized spacial score (nSPS) is 23.3. The molecule has 0 radical (unpaired) electrons. The number of nitrogens with zero attached hydrogens (tertiary/aromatic N) is 2. The number of amides is 2. The predicted octanol–water partition coefficient (Wildman–Crippen LogP) is 3.12. The second-order valence-electron chi connectivity index (χ2n) is 7.92. The van der Waals surface area contributed by atoms with E-state index in [0.717, 1.165) is 24.1 Å². The molecule has 0 saturated heterocycles. The van der Waals surface area contributed by atoms with Crippen LogP contribution in [0.25, 0.3) is 0 Å². The van der Waals surface area contributed by atoms with E-state index in [1.54, 1.807) is 32.4 Å². The van der Waals surface area contributed by atoms with Crippen molar-refractivity contribution in [3.8, 4) is 5.75 Å². The number of methoxy groups -OCH3 is 1. The quantitative estimate of drug-likeness (QED) is 0.812. The van der Waals surface area contributed by atoms with Gasteiger partial charge in [-0.1, -0.05) is 6.92 Å². The molecule has 2 amide bonds. The van der Waals surface area contributed by atoms with E-state index >= 15 is 0 Å². The van der Waals surface area contributed by atoms with Crippen LogP contribution in [0.3, 0.4) is 0 Å². The lowest BCUT2D eigenvalue weighted by Crippen LogP contribution is -2.51. The average molecular weight is 394 g/mol. The molecule has 0 spiro atoms. The molecule has 1 aliphatic heterocycles. The van der Waals surface area contributed by atoms with Crippen molar-refractivity contribution in [1.29, 1.82) is 0 Å². The Morgan fingerprint density at radius 2 is 2.00 bits per heavy atom. The first-order valence-electron chi connectivity index (χ1n) is 9.91. The lowest BCUT2D eigenvalue weighted by atomic mass is 9.79. The first kappa shape index (κ1) is 19.2. The minimum atomic E-state index is -0.486. The van der Waals surface area contributed by atoms with Gasteiger partial charge in [0.05, 0.1) is 19.3 Å². The Morgan fingerprint density at radius 1 is 1.24 bits per heavy atom. The second-order valence-corrected chi connectivity index (χ2v) is 7.92. The molecule has 1 aliphatic carbocycles. The number of anilines is 2. The second kappa shape index (κ2) is 7.39. The molecule has 1 aromatic carbocycles. The van der Waals surface area contributed by atoms with E-state index < -0.39 is 5.91 Å². The molecule has 0 bridgehead atoms. The molecular weight excluding hydrogens is 368 g/mol. The predicted molar refractivity (Wildman–Crippen MR) is 111 cm³/mol. The van der Waals surface area contributed by atoms with Gasteiger partial charge in [0.1, 0.15) is 11.6 Å². The summed E-state index contributed by atoms with van der Waals surface area (Å²) >= 11 is 0. The molecule has 2 aromatic rings. The van der Waals surface area contributed by atoms with Gasteiger partial charge in [-0.3, -0.25) is 9.59 Å². The Hall–Kier alpha value is -3.09. The highest BCUT2D eigenvalue weighted by atomic mass is 16.5. The van der Waals surface area contributed by atoms with Gasteiger partial charge in [-0.05, 0) is 54.7 Å². The Bertz CT molecular complexity index is 940. The van der Waals surface area contributed by atoms with Crippen LogP contribution in [0.5, 0.6) is 5.75 Å². The molecule has 3 atom stereocenters. The standard InChI is InChI=1S/C22H26N4O3/c1-12-20(25-19-9-7-16(29-3)11-24-19)17-10-15(22(23)28)6-8-18(17)26(13(2)27)21(12)14-4-5-14/h6-12,14,20-21H,4-5H2,1-3H3,(H2,23,28)(H,24,25)/t12-,20-,21-/m1/s1. The van der Waals surface area contributed by atoms with Crippen LogP contribution in [-0.4, -0.2) is 29.9 Å². The van der Waals surface area contributed by atoms with Gasteiger partial charge in [-0.2, -0.15) is 0 Å². The maximum absolute atomic E-state index is 12.6. The van der Waals surface area contributed by atoms with Crippen molar-refractivity contribution in [2.24, 2.45) is 17.6 Å². The number of benzene rings is 1. The zero-order valence-electron chi connectivity index (χ0n) is 16.9. The molecule has 1 fully saturated rings. The van der Waals surface area contributed by atoms with Gasteiger partial charge in [0.15, 0.2) is 0 Å². The van der Waals surface area contributed by atoms with E-state index in [4.69, 9.17) is 10.5 Å². The summed E-state index contributed by atoms with van der Waals surface area (Å²) in [5.41, 5.74) is 7.68. The summed E-state index contributed by atoms with van der Waals surface area (Å²) < 4.78 is 5.19. The molecule has 3 N–H and O–H groups in total. The Balaban J connectivity index is 1.79. The van der Waals surface area contributed by atoms with E-state index in [1.807, 2.05) is 23.1 Å². The van der Waals surface area contributed by atoms with E-state index in [9.17, 15) is 9.59 Å². The van der Waals surface area contributed by atoms with Gasteiger partial charge in [0.25, 0.3) is 0 Å². The van der Waals surface area contributed by atoms with Crippen molar-refractivity contribution >= 4 is 23.3 Å². The molecule has 4 rings (SSSR count). The highest BCUT2D eigenvalue weighted by Crippen LogP contribution is 2.50. The molecular formula is C22H26N4O3. The molecule has 0 unspecified atom stereocenters. The number of pyridine rings is 1. The Kier molecular flexibility index (Phi) is 4.90. The highest BCUT2D eigenvalue weighted by molar-refractivity contribution is 5.97. The number of aromatic nitrogens is 1. The summed E-state index contributed by atoms with van der Waals surface area (Å²) in [6.07, 6.45) is 3.92. The van der Waals surface area contributed by atoms with Crippen LogP contribution in [0, 0.1) is 11.8 Å². The monoisotopic (exact) mass is 394 g/mol. The van der Waals surface area contributed by atoms with Gasteiger partial charge in [-0.25, -0.2) is 4.98 Å². The first-order chi connectivity index (χ1) is 13.9. The number of carbonyl (C=O) groups excluding carboxylic acids is 2. The van der Waals surface area contributed by atoms with Crippen LogP contribution in [0.4, 0.5) is 11.5 Å². The van der Waals surface area contributed by atoms with E-state index in [1.165, 1.54) is 0 Å². The zero-order valence-corrected chi connectivity index (χ0v) is 16.9. The van der Waals surface area contributed by atoms with Gasteiger partial charge in [-0.15, -0.1) is 0 Å². The Morgan fingerprint density at radius 3 is 2.55 bits per heavy atom. The van der Waals surface area contributed by atoms with Gasteiger partial charge in [0, 0.05) is 30.1 Å². The molecule has 7 heteroatoms. The highest BCUT2D eigenvalue weighted by Gasteiger charge is 2.47. The smallest absolute Gasteiger partial charge is 0.248 e. The van der Waals surface area contributed by atoms with Crippen molar-refractivity contribution in [2.45, 2.75) is 38.8 Å². The number of hydrogen-bond acceptors (Lipinski definition) is 5. The SMILES string of the molecule is COc1ccc(N[C@H]2c3cc(C(N)=O)ccc3N(C(C)=O)[C@@H](C3CC3)[C@@H]2C)nc1. The fourth-order valence-corrected chi connectivity index (χ4v) is 4.46. The number of primary amides is 1. The van der Waals surface area contributed by atoms with Gasteiger partial charge >= 0.3 is 0 Å². The van der Waals surface area contributed by atoms with Gasteiger partial charge < -0.3 is 20.7 Å². The van der Waals surface area contributed by atoms with Crippen molar-refractivity contribution in [2.75, 3.05) is 17.3 Å². The summed E-state index contributed by atoms with van der Waals surface area (Å²) in [4.78, 5) is 30.7. The maximum Gasteiger partial charge on any atom is 0.248 e. The lowest BCUT2D eigenvalue weighted by molar-refractivity contribution is -0.117. The summed E-state index contributed by atoms with van der Waals surface area (Å²) in [6, 6.07) is 9.06. The first-order valence-corrected chi connectivity index (χ1v) is 9.91. The van der Waals surface area contributed by atoms with Crippen molar-refractivity contribution < 1.29 is 14.3 Å². The van der Waals surface area contributed by atoms with Crippen LogP contribution in [0.15, 0.2) is 36.5 Å². The summed E-state index contributed by atoms with van der Waals surface area (Å²) in [6.45, 7) is 3.76. The number of carbonyl (C=O) groups is 2. The molecule has 29 heavy (non-hydrogen) atoms. The Labute approximate surface area is 170 Å². The van der Waals surface area contributed by atoms with Crippen LogP contribution in [0.2, 0.25) is 0 Å². The minimum absolute atomic E-state index is 0.0165. The number of hydrogen-bond donors (Lipinski definition) is 2. The average Bonchev–Trinajstić information content (AvgIpc) is 3.54. The molecule has 7 nitrogen and oxygen atoms in total. The third-order valence-electron chi connectivity index (χ3n) is 5.99. The van der Waals surface area contributed by atoms with Gasteiger partial charge in [0.2, 0.25) is 11.8 Å². The summed E-state index contributed by atoms with van der Waals surface area (Å²) in [5, 5.41) is 3.52. The minimum Gasteiger partial charge on any atom is -0.495 e. The summed E-state index contributed by atoms with van der Waals surface area (Å²) in [7, 11) is 1.60. The van der Waals surface area contributed by atoms with E-state index in [-0.39, 0.29) is 23.9 Å². The number of nitrogens with two attached hydrogens (primary N) is 1. The largest absolute Gasteiger partial charge is 0.495 e. The van der Waals surface area contributed by atoms with Crippen LogP contribution in [-0.2, 0) is 4.79 Å². The summed E-state index contributed by atoms with van der Waals surface area (Å²) in [5.74, 6) is 1.55. The van der Waals surface area contributed by atoms with E-state index in [0.29, 0.717) is 23.0 Å².